The molecule has 0 atom stereocenters. The number of benzene rings is 5. The van der Waals surface area contributed by atoms with Crippen LogP contribution < -0.4 is 35.7 Å². The van der Waals surface area contributed by atoms with Crippen LogP contribution in [0.2, 0.25) is 0 Å². The van der Waals surface area contributed by atoms with Crippen molar-refractivity contribution in [2.75, 3.05) is 16.5 Å². The minimum Gasteiger partial charge on any atom is -0.457 e. The molecule has 0 unspecified atom stereocenters. The van der Waals surface area contributed by atoms with Crippen molar-refractivity contribution >= 4 is 34.5 Å². The average molecular weight is 634 g/mol. The molecule has 0 saturated heterocycles. The fraction of sp³-hybridized carbons (Fsp3) is 0.0244. The van der Waals surface area contributed by atoms with Gasteiger partial charge in [-0.25, -0.2) is 4.68 Å². The van der Waals surface area contributed by atoms with Gasteiger partial charge in [-0.3, -0.25) is 4.98 Å². The van der Waals surface area contributed by atoms with Crippen molar-refractivity contribution < 1.29 is 9.47 Å². The normalized spacial score (nSPS) is 13.8. The summed E-state index contributed by atoms with van der Waals surface area (Å²) in [5.41, 5.74) is 11.1. The summed E-state index contributed by atoms with van der Waals surface area (Å²) in [6.45, 7) is 0.560. The van der Waals surface area contributed by atoms with Gasteiger partial charge in [0.1, 0.15) is 23.0 Å². The lowest BCUT2D eigenvalue weighted by molar-refractivity contribution is 0.460. The van der Waals surface area contributed by atoms with Crippen LogP contribution in [0.3, 0.4) is 0 Å². The molecule has 0 spiro atoms. The maximum atomic E-state index is 6.47. The highest BCUT2D eigenvalue weighted by Gasteiger charge is 2.41. The molecule has 5 heterocycles. The quantitative estimate of drug-likeness (QED) is 0.189. The highest BCUT2D eigenvalue weighted by molar-refractivity contribution is 6.98. The number of hydrogen-bond donors (Lipinski definition) is 0. The van der Waals surface area contributed by atoms with E-state index in [-0.39, 0.29) is 6.71 Å². The maximum absolute atomic E-state index is 6.47. The molecule has 7 nitrogen and oxygen atoms in total. The van der Waals surface area contributed by atoms with Gasteiger partial charge in [0.15, 0.2) is 0 Å². The van der Waals surface area contributed by atoms with E-state index < -0.39 is 0 Å². The Morgan fingerprint density at radius 3 is 1.82 bits per heavy atom. The summed E-state index contributed by atoms with van der Waals surface area (Å²) in [5.74, 6) is 3.06. The third-order valence-electron chi connectivity index (χ3n) is 9.58. The lowest BCUT2D eigenvalue weighted by Crippen LogP contribution is -2.57. The van der Waals surface area contributed by atoms with Gasteiger partial charge >= 0.3 is 0 Å². The molecule has 232 valence electrons. The molecule has 0 N–H and O–H groups in total. The van der Waals surface area contributed by atoms with Crippen molar-refractivity contribution in [1.29, 1.82) is 0 Å². The Bertz CT molecular complexity index is 2320. The molecular weight excluding hydrogens is 605 g/mol. The van der Waals surface area contributed by atoms with E-state index in [1.807, 2.05) is 29.1 Å². The molecule has 0 bridgehead atoms. The van der Waals surface area contributed by atoms with E-state index >= 15 is 0 Å². The standard InChI is InChI=1S/C41H28BN5O2/c1-3-9-28(10-4-1)32-13-7-14-33(29-11-5-2-6-12-29)41(32)46-22-21-45(27-46)30-15-17-36-34(23-30)42-35-24-31(47-20-8-19-44-47)16-18-37(35)49-39-26-43-25-38(48-36)40(39)42/h1-26H,27H2. The van der Waals surface area contributed by atoms with Crippen LogP contribution >= 0.6 is 0 Å². The summed E-state index contributed by atoms with van der Waals surface area (Å²) < 4.78 is 14.7. The minimum absolute atomic E-state index is 0.0952. The molecule has 5 aromatic carbocycles. The van der Waals surface area contributed by atoms with E-state index in [1.165, 1.54) is 27.9 Å². The number of aromatic nitrogens is 3. The van der Waals surface area contributed by atoms with Crippen LogP contribution in [0, 0.1) is 0 Å². The number of anilines is 2. The second-order valence-electron chi connectivity index (χ2n) is 12.4. The summed E-state index contributed by atoms with van der Waals surface area (Å²) in [5, 5.41) is 4.48. The fourth-order valence-corrected chi connectivity index (χ4v) is 7.33. The zero-order valence-corrected chi connectivity index (χ0v) is 26.3. The van der Waals surface area contributed by atoms with Crippen LogP contribution in [0.5, 0.6) is 23.0 Å². The van der Waals surface area contributed by atoms with Crippen LogP contribution in [-0.4, -0.2) is 28.1 Å². The van der Waals surface area contributed by atoms with E-state index in [0.717, 1.165) is 50.8 Å². The molecule has 3 aliphatic rings. The summed E-state index contributed by atoms with van der Waals surface area (Å²) in [4.78, 5) is 9.07. The highest BCUT2D eigenvalue weighted by Crippen LogP contribution is 2.42. The number of pyridine rings is 1. The number of fused-ring (bicyclic) bond motifs is 4. The number of para-hydroxylation sites is 1. The Balaban J connectivity index is 1.05. The van der Waals surface area contributed by atoms with Crippen molar-refractivity contribution in [3.63, 3.8) is 0 Å². The first-order valence-corrected chi connectivity index (χ1v) is 16.4. The Labute approximate surface area is 284 Å². The topological polar surface area (TPSA) is 55.7 Å². The van der Waals surface area contributed by atoms with Gasteiger partial charge in [0, 0.05) is 47.1 Å². The monoisotopic (exact) mass is 633 g/mol. The second kappa shape index (κ2) is 11.0. The smallest absolute Gasteiger partial charge is 0.261 e. The van der Waals surface area contributed by atoms with Crippen molar-refractivity contribution in [2.24, 2.45) is 0 Å². The van der Waals surface area contributed by atoms with Crippen LogP contribution in [-0.2, 0) is 0 Å². The van der Waals surface area contributed by atoms with Crippen LogP contribution in [0.15, 0.2) is 159 Å². The highest BCUT2D eigenvalue weighted by atomic mass is 16.5. The fourth-order valence-electron chi connectivity index (χ4n) is 7.33. The largest absolute Gasteiger partial charge is 0.457 e. The second-order valence-corrected chi connectivity index (χ2v) is 12.4. The molecule has 3 aliphatic heterocycles. The first-order valence-electron chi connectivity index (χ1n) is 16.4. The first-order chi connectivity index (χ1) is 24.3. The van der Waals surface area contributed by atoms with Gasteiger partial charge in [0.2, 0.25) is 0 Å². The summed E-state index contributed by atoms with van der Waals surface area (Å²) >= 11 is 0. The average Bonchev–Trinajstić information content (AvgIpc) is 3.89. The van der Waals surface area contributed by atoms with E-state index in [9.17, 15) is 0 Å². The Morgan fingerprint density at radius 2 is 1.18 bits per heavy atom. The molecule has 0 aliphatic carbocycles. The van der Waals surface area contributed by atoms with E-state index in [4.69, 9.17) is 9.47 Å². The van der Waals surface area contributed by atoms with Crippen molar-refractivity contribution in [2.45, 2.75) is 0 Å². The number of ether oxygens (including phenoxy) is 2. The molecular formula is C41H28BN5O2. The van der Waals surface area contributed by atoms with Gasteiger partial charge in [0.05, 0.1) is 30.4 Å². The van der Waals surface area contributed by atoms with E-state index in [1.54, 1.807) is 18.6 Å². The van der Waals surface area contributed by atoms with Gasteiger partial charge in [0.25, 0.3) is 6.71 Å². The first kappa shape index (κ1) is 27.6. The SMILES string of the molecule is C1=CN(c2c(-c3ccccc3)cccc2-c2ccccc2)CN1c1ccc2c(c1)B1c3cc(-n4cccn4)ccc3Oc3cncc(c31)O2. The van der Waals surface area contributed by atoms with Crippen LogP contribution in [0.1, 0.15) is 0 Å². The van der Waals surface area contributed by atoms with Crippen LogP contribution in [0.25, 0.3) is 27.9 Å². The molecule has 8 heteroatoms. The predicted molar refractivity (Wildman–Crippen MR) is 195 cm³/mol. The summed E-state index contributed by atoms with van der Waals surface area (Å²) in [7, 11) is 0. The van der Waals surface area contributed by atoms with E-state index in [2.05, 4.69) is 135 Å². The van der Waals surface area contributed by atoms with Crippen molar-refractivity contribution in [3.05, 3.63) is 159 Å². The molecule has 0 amide bonds. The zero-order valence-electron chi connectivity index (χ0n) is 26.3. The van der Waals surface area contributed by atoms with Crippen molar-refractivity contribution in [1.82, 2.24) is 14.8 Å². The van der Waals surface area contributed by atoms with Crippen LogP contribution in [0.4, 0.5) is 11.4 Å². The Morgan fingerprint density at radius 1 is 0.571 bits per heavy atom. The molecule has 49 heavy (non-hydrogen) atoms. The third kappa shape index (κ3) is 4.53. The van der Waals surface area contributed by atoms with Crippen molar-refractivity contribution in [3.8, 4) is 50.9 Å². The molecule has 0 fully saturated rings. The zero-order chi connectivity index (χ0) is 32.3. The van der Waals surface area contributed by atoms with Gasteiger partial charge in [-0.1, -0.05) is 78.9 Å². The lowest BCUT2D eigenvalue weighted by atomic mass is 9.35. The third-order valence-corrected chi connectivity index (χ3v) is 9.58. The Hall–Kier alpha value is -6.54. The molecule has 10 rings (SSSR count). The van der Waals surface area contributed by atoms with Gasteiger partial charge < -0.3 is 19.3 Å². The number of hydrogen-bond acceptors (Lipinski definition) is 6. The number of rotatable bonds is 5. The molecule has 2 aromatic heterocycles. The summed E-state index contributed by atoms with van der Waals surface area (Å²) in [6, 6.07) is 42.5. The van der Waals surface area contributed by atoms with Gasteiger partial charge in [-0.15, -0.1) is 0 Å². The Kier molecular flexibility index (Phi) is 6.20. The predicted octanol–water partition coefficient (Wildman–Crippen LogP) is 7.08. The number of nitrogens with zero attached hydrogens (tertiary/aromatic N) is 5. The molecule has 0 saturated carbocycles. The van der Waals surface area contributed by atoms with E-state index in [0.29, 0.717) is 6.67 Å². The van der Waals surface area contributed by atoms with Gasteiger partial charge in [-0.2, -0.15) is 5.10 Å². The molecule has 0 radical (unpaired) electrons. The maximum Gasteiger partial charge on any atom is 0.261 e. The minimum atomic E-state index is -0.0952. The lowest BCUT2D eigenvalue weighted by Gasteiger charge is -2.33. The summed E-state index contributed by atoms with van der Waals surface area (Å²) in [6.07, 6.45) is 11.7. The van der Waals surface area contributed by atoms with Gasteiger partial charge in [-0.05, 0) is 64.5 Å². The molecule has 7 aromatic rings.